The van der Waals surface area contributed by atoms with Crippen molar-refractivity contribution in [2.45, 2.75) is 6.18 Å². The molecule has 0 radical (unpaired) electrons. The first-order valence-electron chi connectivity index (χ1n) is 7.07. The van der Waals surface area contributed by atoms with Crippen LogP contribution in [-0.2, 0) is 11.0 Å². The van der Waals surface area contributed by atoms with E-state index in [2.05, 4.69) is 0 Å². The fourth-order valence-electron chi connectivity index (χ4n) is 2.27. The van der Waals surface area contributed by atoms with Gasteiger partial charge >= 0.3 is 6.18 Å². The highest BCUT2D eigenvalue weighted by atomic mass is 35.5. The van der Waals surface area contributed by atoms with Gasteiger partial charge in [-0.2, -0.15) is 13.2 Å². The first-order chi connectivity index (χ1) is 12.2. The largest absolute Gasteiger partial charge is 0.417 e. The summed E-state index contributed by atoms with van der Waals surface area (Å²) in [6.45, 7) is 0. The van der Waals surface area contributed by atoms with Gasteiger partial charge in [0, 0.05) is 0 Å². The average Bonchev–Trinajstić information content (AvgIpc) is 2.83. The van der Waals surface area contributed by atoms with Crippen LogP contribution in [-0.4, -0.2) is 10.2 Å². The second kappa shape index (κ2) is 7.02. The maximum Gasteiger partial charge on any atom is 0.417 e. The predicted octanol–water partition coefficient (Wildman–Crippen LogP) is 5.90. The minimum Gasteiger partial charge on any atom is -0.268 e. The van der Waals surface area contributed by atoms with E-state index in [0.717, 1.165) is 28.8 Å². The minimum atomic E-state index is -4.66. The molecule has 1 aliphatic heterocycles. The topological polar surface area (TPSA) is 20.3 Å². The fourth-order valence-corrected chi connectivity index (χ4v) is 3.79. The van der Waals surface area contributed by atoms with Crippen LogP contribution in [0.4, 0.5) is 23.2 Å². The SMILES string of the molecule is O=C1/C(=C\c2ccc(F)cc2)SC(=S)N1c1ccc(Cl)c(C(F)(F)F)c1. The molecular formula is C17H8ClF4NOS2. The van der Waals surface area contributed by atoms with E-state index < -0.39 is 28.5 Å². The van der Waals surface area contributed by atoms with Gasteiger partial charge in [0.1, 0.15) is 5.82 Å². The van der Waals surface area contributed by atoms with Gasteiger partial charge in [-0.05, 0) is 42.0 Å². The summed E-state index contributed by atoms with van der Waals surface area (Å²) >= 11 is 11.7. The number of alkyl halides is 3. The number of thioether (sulfide) groups is 1. The van der Waals surface area contributed by atoms with E-state index in [-0.39, 0.29) is 14.9 Å². The molecule has 1 heterocycles. The molecule has 2 aromatic carbocycles. The number of carbonyl (C=O) groups is 1. The summed E-state index contributed by atoms with van der Waals surface area (Å²) in [7, 11) is 0. The van der Waals surface area contributed by atoms with Gasteiger partial charge in [0.05, 0.1) is 21.2 Å². The molecule has 1 fully saturated rings. The Morgan fingerprint density at radius 3 is 2.38 bits per heavy atom. The highest BCUT2D eigenvalue weighted by Gasteiger charge is 2.37. The Bertz CT molecular complexity index is 925. The molecule has 2 nitrogen and oxygen atoms in total. The molecule has 0 aliphatic carbocycles. The molecule has 1 saturated heterocycles. The minimum absolute atomic E-state index is 0.0215. The van der Waals surface area contributed by atoms with Crippen LogP contribution in [0.25, 0.3) is 6.08 Å². The van der Waals surface area contributed by atoms with Gasteiger partial charge in [-0.25, -0.2) is 4.39 Å². The monoisotopic (exact) mass is 417 g/mol. The maximum absolute atomic E-state index is 13.0. The molecule has 9 heteroatoms. The number of hydrogen-bond donors (Lipinski definition) is 0. The van der Waals surface area contributed by atoms with Gasteiger partial charge < -0.3 is 0 Å². The lowest BCUT2D eigenvalue weighted by molar-refractivity contribution is -0.137. The Hall–Kier alpha value is -1.90. The third-order valence-electron chi connectivity index (χ3n) is 3.48. The van der Waals surface area contributed by atoms with Crippen molar-refractivity contribution in [1.82, 2.24) is 0 Å². The zero-order valence-electron chi connectivity index (χ0n) is 12.7. The van der Waals surface area contributed by atoms with E-state index in [0.29, 0.717) is 5.56 Å². The Morgan fingerprint density at radius 2 is 1.77 bits per heavy atom. The molecule has 26 heavy (non-hydrogen) atoms. The lowest BCUT2D eigenvalue weighted by atomic mass is 10.1. The van der Waals surface area contributed by atoms with Crippen molar-refractivity contribution < 1.29 is 22.4 Å². The van der Waals surface area contributed by atoms with Gasteiger partial charge in [0.25, 0.3) is 5.91 Å². The quantitative estimate of drug-likeness (QED) is 0.344. The third kappa shape index (κ3) is 3.77. The second-order valence-electron chi connectivity index (χ2n) is 5.23. The van der Waals surface area contributed by atoms with E-state index >= 15 is 0 Å². The Balaban J connectivity index is 1.96. The summed E-state index contributed by atoms with van der Waals surface area (Å²) in [5.41, 5.74) is -0.501. The van der Waals surface area contributed by atoms with Crippen molar-refractivity contribution in [2.75, 3.05) is 4.90 Å². The normalized spacial score (nSPS) is 16.7. The summed E-state index contributed by atoms with van der Waals surface area (Å²) in [6, 6.07) is 8.58. The predicted molar refractivity (Wildman–Crippen MR) is 98.5 cm³/mol. The second-order valence-corrected chi connectivity index (χ2v) is 7.31. The molecule has 1 aliphatic rings. The molecule has 0 atom stereocenters. The molecule has 2 aromatic rings. The zero-order valence-corrected chi connectivity index (χ0v) is 15.1. The fraction of sp³-hybridized carbons (Fsp3) is 0.0588. The molecule has 3 rings (SSSR count). The summed E-state index contributed by atoms with van der Waals surface area (Å²) in [5, 5.41) is -0.464. The van der Waals surface area contributed by atoms with E-state index in [4.69, 9.17) is 23.8 Å². The van der Waals surface area contributed by atoms with Crippen LogP contribution in [0.2, 0.25) is 5.02 Å². The van der Waals surface area contributed by atoms with Crippen molar-refractivity contribution in [3.8, 4) is 0 Å². The van der Waals surface area contributed by atoms with Gasteiger partial charge in [0.2, 0.25) is 0 Å². The third-order valence-corrected chi connectivity index (χ3v) is 5.11. The highest BCUT2D eigenvalue weighted by molar-refractivity contribution is 8.27. The Morgan fingerprint density at radius 1 is 1.12 bits per heavy atom. The number of halogens is 5. The number of anilines is 1. The lowest BCUT2D eigenvalue weighted by Crippen LogP contribution is -2.27. The summed E-state index contributed by atoms with van der Waals surface area (Å²) in [4.78, 5) is 13.8. The molecule has 134 valence electrons. The highest BCUT2D eigenvalue weighted by Crippen LogP contribution is 2.40. The molecule has 0 spiro atoms. The number of carbonyl (C=O) groups excluding carboxylic acids is 1. The number of benzene rings is 2. The molecule has 0 bridgehead atoms. The Labute approximate surface area is 160 Å². The average molecular weight is 418 g/mol. The maximum atomic E-state index is 13.0. The van der Waals surface area contributed by atoms with E-state index in [1.165, 1.54) is 36.4 Å². The first-order valence-corrected chi connectivity index (χ1v) is 8.67. The summed E-state index contributed by atoms with van der Waals surface area (Å²) in [6.07, 6.45) is -3.16. The molecule has 0 unspecified atom stereocenters. The van der Waals surface area contributed by atoms with Crippen molar-refractivity contribution in [2.24, 2.45) is 0 Å². The Kier molecular flexibility index (Phi) is 5.09. The van der Waals surface area contributed by atoms with Crippen LogP contribution in [0.3, 0.4) is 0 Å². The smallest absolute Gasteiger partial charge is 0.268 e. The molecule has 0 saturated carbocycles. The summed E-state index contributed by atoms with van der Waals surface area (Å²) < 4.78 is 52.2. The van der Waals surface area contributed by atoms with Crippen LogP contribution in [0.15, 0.2) is 47.4 Å². The first kappa shape index (κ1) is 18.9. The molecule has 0 N–H and O–H groups in total. The van der Waals surface area contributed by atoms with Crippen LogP contribution in [0, 0.1) is 5.82 Å². The van der Waals surface area contributed by atoms with Crippen molar-refractivity contribution in [1.29, 1.82) is 0 Å². The van der Waals surface area contributed by atoms with Gasteiger partial charge in [-0.3, -0.25) is 9.69 Å². The van der Waals surface area contributed by atoms with Crippen molar-refractivity contribution in [3.05, 3.63) is 69.3 Å². The van der Waals surface area contributed by atoms with Crippen LogP contribution in [0.5, 0.6) is 0 Å². The number of nitrogens with zero attached hydrogens (tertiary/aromatic N) is 1. The van der Waals surface area contributed by atoms with E-state index in [1.54, 1.807) is 0 Å². The van der Waals surface area contributed by atoms with Crippen molar-refractivity contribution >= 4 is 57.6 Å². The molecular weight excluding hydrogens is 410 g/mol. The van der Waals surface area contributed by atoms with E-state index in [9.17, 15) is 22.4 Å². The van der Waals surface area contributed by atoms with Crippen LogP contribution in [0.1, 0.15) is 11.1 Å². The number of hydrogen-bond acceptors (Lipinski definition) is 3. The molecule has 1 amide bonds. The number of amides is 1. The zero-order chi connectivity index (χ0) is 19.1. The van der Waals surface area contributed by atoms with Crippen LogP contribution < -0.4 is 4.90 Å². The number of thiocarbonyl (C=S) groups is 1. The van der Waals surface area contributed by atoms with Crippen molar-refractivity contribution in [3.63, 3.8) is 0 Å². The van der Waals surface area contributed by atoms with Gasteiger partial charge in [-0.15, -0.1) is 0 Å². The van der Waals surface area contributed by atoms with Crippen LogP contribution >= 0.6 is 35.6 Å². The number of rotatable bonds is 2. The van der Waals surface area contributed by atoms with E-state index in [1.807, 2.05) is 0 Å². The summed E-state index contributed by atoms with van der Waals surface area (Å²) in [5.74, 6) is -0.977. The lowest BCUT2D eigenvalue weighted by Gasteiger charge is -2.17. The van der Waals surface area contributed by atoms with Gasteiger partial charge in [-0.1, -0.05) is 47.7 Å². The van der Waals surface area contributed by atoms with Gasteiger partial charge in [0.15, 0.2) is 4.32 Å². The standard InChI is InChI=1S/C17H8ClF4NOS2/c18-13-6-5-11(8-12(13)17(20,21)22)23-15(24)14(26-16(23)25)7-9-1-3-10(19)4-2-9/h1-8H/b14-7+. The molecule has 0 aromatic heterocycles.